The Balaban J connectivity index is 3.13. The van der Waals surface area contributed by atoms with Crippen LogP contribution < -0.4 is 5.32 Å². The summed E-state index contributed by atoms with van der Waals surface area (Å²) in [5.41, 5.74) is 2.01. The van der Waals surface area contributed by atoms with Gasteiger partial charge in [-0.2, -0.15) is 0 Å². The summed E-state index contributed by atoms with van der Waals surface area (Å²) in [6, 6.07) is 1.88. The highest BCUT2D eigenvalue weighted by atomic mass is 79.9. The third-order valence-corrected chi connectivity index (χ3v) is 2.79. The molecule has 0 amide bonds. The molecule has 0 aliphatic carbocycles. The summed E-state index contributed by atoms with van der Waals surface area (Å²) in [7, 11) is 0. The largest absolute Gasteiger partial charge is 0.461 e. The minimum Gasteiger partial charge on any atom is -0.461 e. The van der Waals surface area contributed by atoms with Crippen LogP contribution in [0.1, 0.15) is 29.9 Å². The fraction of sp³-hybridized carbons (Fsp3) is 0.455. The molecule has 0 radical (unpaired) electrons. The van der Waals surface area contributed by atoms with Crippen molar-refractivity contribution in [1.82, 2.24) is 4.98 Å². The Labute approximate surface area is 104 Å². The van der Waals surface area contributed by atoms with Gasteiger partial charge in [-0.05, 0) is 48.3 Å². The summed E-state index contributed by atoms with van der Waals surface area (Å²) >= 11 is 3.30. The maximum atomic E-state index is 11.7. The Morgan fingerprint density at radius 3 is 2.81 bits per heavy atom. The van der Waals surface area contributed by atoms with Crippen molar-refractivity contribution in [2.45, 2.75) is 20.8 Å². The first-order chi connectivity index (χ1) is 7.60. The van der Waals surface area contributed by atoms with Gasteiger partial charge in [0.15, 0.2) is 5.69 Å². The first-order valence-electron chi connectivity index (χ1n) is 5.18. The number of nitrogens with one attached hydrogen (secondary N) is 1. The molecule has 4 nitrogen and oxygen atoms in total. The van der Waals surface area contributed by atoms with Gasteiger partial charge < -0.3 is 10.1 Å². The van der Waals surface area contributed by atoms with Crippen LogP contribution in [0.25, 0.3) is 0 Å². The number of esters is 1. The second-order valence-corrected chi connectivity index (χ2v) is 3.99. The van der Waals surface area contributed by atoms with Crippen LogP contribution in [-0.4, -0.2) is 24.1 Å². The zero-order valence-electron chi connectivity index (χ0n) is 9.63. The topological polar surface area (TPSA) is 51.2 Å². The lowest BCUT2D eigenvalue weighted by Crippen LogP contribution is -2.12. The van der Waals surface area contributed by atoms with Crippen LogP contribution in [0.4, 0.5) is 5.69 Å². The number of carbonyl (C=O) groups excluding carboxylic acids is 1. The maximum Gasteiger partial charge on any atom is 0.359 e. The third-order valence-electron chi connectivity index (χ3n) is 1.99. The van der Waals surface area contributed by atoms with Crippen molar-refractivity contribution in [1.29, 1.82) is 0 Å². The van der Waals surface area contributed by atoms with Gasteiger partial charge in [0.25, 0.3) is 0 Å². The minimum absolute atomic E-state index is 0.321. The molecule has 1 rings (SSSR count). The molecule has 0 spiro atoms. The Hall–Kier alpha value is -1.10. The molecule has 0 unspecified atom stereocenters. The summed E-state index contributed by atoms with van der Waals surface area (Å²) < 4.78 is 5.61. The molecule has 0 aromatic carbocycles. The smallest absolute Gasteiger partial charge is 0.359 e. The quantitative estimate of drug-likeness (QED) is 0.683. The van der Waals surface area contributed by atoms with Crippen molar-refractivity contribution < 1.29 is 9.53 Å². The van der Waals surface area contributed by atoms with Gasteiger partial charge in [0.2, 0.25) is 0 Å². The molecular formula is C11H15BrN2O2. The summed E-state index contributed by atoms with van der Waals surface area (Å²) in [5, 5.41) is 3.10. The van der Waals surface area contributed by atoms with Crippen molar-refractivity contribution in [2.24, 2.45) is 0 Å². The van der Waals surface area contributed by atoms with Crippen molar-refractivity contribution in [3.63, 3.8) is 0 Å². The fourth-order valence-corrected chi connectivity index (χ4v) is 1.56. The van der Waals surface area contributed by atoms with Crippen LogP contribution in [0.15, 0.2) is 10.7 Å². The lowest BCUT2D eigenvalue weighted by molar-refractivity contribution is 0.0520. The van der Waals surface area contributed by atoms with Gasteiger partial charge in [0, 0.05) is 6.54 Å². The predicted molar refractivity (Wildman–Crippen MR) is 66.8 cm³/mol. The summed E-state index contributed by atoms with van der Waals surface area (Å²) in [4.78, 5) is 15.8. The van der Waals surface area contributed by atoms with Gasteiger partial charge in [0.05, 0.1) is 12.3 Å². The number of pyridine rings is 1. The van der Waals surface area contributed by atoms with Crippen LogP contribution >= 0.6 is 15.9 Å². The predicted octanol–water partition coefficient (Wildman–Crippen LogP) is 2.76. The van der Waals surface area contributed by atoms with Crippen molar-refractivity contribution in [2.75, 3.05) is 18.5 Å². The number of hydrogen-bond acceptors (Lipinski definition) is 4. The van der Waals surface area contributed by atoms with Gasteiger partial charge in [-0.3, -0.25) is 0 Å². The van der Waals surface area contributed by atoms with Crippen LogP contribution in [0.2, 0.25) is 0 Å². The van der Waals surface area contributed by atoms with E-state index in [0.717, 1.165) is 12.1 Å². The Bertz CT molecular complexity index is 394. The molecule has 1 aromatic heterocycles. The number of hydrogen-bond donors (Lipinski definition) is 1. The van der Waals surface area contributed by atoms with E-state index in [9.17, 15) is 4.79 Å². The minimum atomic E-state index is -0.404. The van der Waals surface area contributed by atoms with Gasteiger partial charge in [-0.25, -0.2) is 9.78 Å². The van der Waals surface area contributed by atoms with Crippen molar-refractivity contribution in [3.05, 3.63) is 21.9 Å². The van der Waals surface area contributed by atoms with Gasteiger partial charge in [-0.1, -0.05) is 0 Å². The highest BCUT2D eigenvalue weighted by molar-refractivity contribution is 9.10. The maximum absolute atomic E-state index is 11.7. The molecule has 0 saturated carbocycles. The van der Waals surface area contributed by atoms with Crippen LogP contribution in [-0.2, 0) is 4.74 Å². The Kier molecular flexibility index (Phi) is 4.73. The third kappa shape index (κ3) is 2.95. The number of carbonyl (C=O) groups is 1. The van der Waals surface area contributed by atoms with Crippen LogP contribution in [0.5, 0.6) is 0 Å². The zero-order chi connectivity index (χ0) is 12.1. The molecule has 5 heteroatoms. The second kappa shape index (κ2) is 5.84. The van der Waals surface area contributed by atoms with E-state index >= 15 is 0 Å². The van der Waals surface area contributed by atoms with E-state index in [1.54, 1.807) is 6.92 Å². The first kappa shape index (κ1) is 13.0. The number of anilines is 1. The average molecular weight is 287 g/mol. The lowest BCUT2D eigenvalue weighted by atomic mass is 10.2. The van der Waals surface area contributed by atoms with E-state index in [1.165, 1.54) is 0 Å². The van der Waals surface area contributed by atoms with Gasteiger partial charge in [-0.15, -0.1) is 0 Å². The van der Waals surface area contributed by atoms with E-state index < -0.39 is 5.97 Å². The molecule has 16 heavy (non-hydrogen) atoms. The monoisotopic (exact) mass is 286 g/mol. The summed E-state index contributed by atoms with van der Waals surface area (Å²) in [6.07, 6.45) is 0. The molecule has 0 aliphatic heterocycles. The highest BCUT2D eigenvalue weighted by Crippen LogP contribution is 2.22. The molecule has 0 fully saturated rings. The van der Waals surface area contributed by atoms with Gasteiger partial charge in [0.1, 0.15) is 4.60 Å². The van der Waals surface area contributed by atoms with Crippen molar-refractivity contribution >= 4 is 27.6 Å². The number of rotatable bonds is 4. The van der Waals surface area contributed by atoms with E-state index in [2.05, 4.69) is 26.2 Å². The first-order valence-corrected chi connectivity index (χ1v) is 5.97. The second-order valence-electron chi connectivity index (χ2n) is 3.24. The van der Waals surface area contributed by atoms with E-state index in [-0.39, 0.29) is 0 Å². The zero-order valence-corrected chi connectivity index (χ0v) is 11.2. The number of ether oxygens (including phenoxy) is 1. The molecule has 88 valence electrons. The molecule has 0 aliphatic rings. The normalized spacial score (nSPS) is 10.0. The van der Waals surface area contributed by atoms with Gasteiger partial charge >= 0.3 is 5.97 Å². The number of halogens is 1. The molecule has 0 bridgehead atoms. The number of aryl methyl sites for hydroxylation is 1. The Morgan fingerprint density at radius 1 is 1.56 bits per heavy atom. The molecule has 0 saturated heterocycles. The fourth-order valence-electron chi connectivity index (χ4n) is 1.27. The van der Waals surface area contributed by atoms with E-state index in [4.69, 9.17) is 4.74 Å². The summed E-state index contributed by atoms with van der Waals surface area (Å²) in [6.45, 7) is 6.74. The van der Waals surface area contributed by atoms with E-state index in [0.29, 0.717) is 22.6 Å². The van der Waals surface area contributed by atoms with Crippen molar-refractivity contribution in [3.8, 4) is 0 Å². The SMILES string of the molecule is CCNc1cc(C)c(Br)nc1C(=O)OCC. The molecule has 1 aromatic rings. The molecular weight excluding hydrogens is 272 g/mol. The van der Waals surface area contributed by atoms with Crippen LogP contribution in [0, 0.1) is 6.92 Å². The number of aromatic nitrogens is 1. The van der Waals surface area contributed by atoms with E-state index in [1.807, 2.05) is 19.9 Å². The summed E-state index contributed by atoms with van der Waals surface area (Å²) in [5.74, 6) is -0.404. The number of nitrogens with zero attached hydrogens (tertiary/aromatic N) is 1. The molecule has 1 N–H and O–H groups in total. The molecule has 1 heterocycles. The van der Waals surface area contributed by atoms with Crippen LogP contribution in [0.3, 0.4) is 0 Å². The Morgan fingerprint density at radius 2 is 2.25 bits per heavy atom. The molecule has 0 atom stereocenters. The standard InChI is InChI=1S/C11H15BrN2O2/c1-4-13-8-6-7(3)10(12)14-9(8)11(15)16-5-2/h6,13H,4-5H2,1-3H3. The average Bonchev–Trinajstić information content (AvgIpc) is 2.23. The lowest BCUT2D eigenvalue weighted by Gasteiger charge is -2.11. The highest BCUT2D eigenvalue weighted by Gasteiger charge is 2.16.